The zero-order chi connectivity index (χ0) is 28.1. The van der Waals surface area contributed by atoms with Gasteiger partial charge in [-0.05, 0) is 69.4 Å². The van der Waals surface area contributed by atoms with E-state index < -0.39 is 5.97 Å². The maximum absolute atomic E-state index is 13.3. The van der Waals surface area contributed by atoms with Crippen LogP contribution in [0.2, 0.25) is 0 Å². The highest BCUT2D eigenvalue weighted by atomic mass is 32.1. The molecule has 2 fully saturated rings. The van der Waals surface area contributed by atoms with E-state index >= 15 is 0 Å². The summed E-state index contributed by atoms with van der Waals surface area (Å²) in [6.07, 6.45) is 9.36. The van der Waals surface area contributed by atoms with E-state index in [0.29, 0.717) is 41.1 Å². The van der Waals surface area contributed by atoms with Crippen molar-refractivity contribution in [3.8, 4) is 0 Å². The standard InChI is InChI=1S/C25H31N7O4S.C2H6/c1-13(9-18(26-2)24(35)36)29-25-31-28-12-32(25)16-7-8-19-17(10-16)20(22(34)27-11-14-3-4-14)23(37-19)30-21(33)15-5-6-15;1-2/h9,12,14-16H,3-8,10-11H2,1-2H3,(H,27,34)(H,29,31)(H,30,33)(H,35,36);1-2H3/b13-9+,26-18?;/t16-;/m0./s1. The fourth-order valence-electron chi connectivity index (χ4n) is 4.58. The molecule has 3 aliphatic carbocycles. The van der Waals surface area contributed by atoms with Gasteiger partial charge in [-0.15, -0.1) is 21.5 Å². The van der Waals surface area contributed by atoms with Gasteiger partial charge in [0.15, 0.2) is 0 Å². The molecule has 0 spiro atoms. The fourth-order valence-corrected chi connectivity index (χ4v) is 5.82. The predicted octanol–water partition coefficient (Wildman–Crippen LogP) is 4.06. The van der Waals surface area contributed by atoms with Crippen molar-refractivity contribution in [1.82, 2.24) is 20.1 Å². The molecule has 2 aromatic rings. The number of amides is 2. The Bertz CT molecular complexity index is 1290. The summed E-state index contributed by atoms with van der Waals surface area (Å²) in [6.45, 7) is 6.40. The van der Waals surface area contributed by atoms with Gasteiger partial charge in [0.1, 0.15) is 17.0 Å². The molecule has 3 aliphatic rings. The number of aryl methyl sites for hydroxylation is 1. The van der Waals surface area contributed by atoms with Crippen molar-refractivity contribution >= 4 is 45.8 Å². The molecule has 4 N–H and O–H groups in total. The number of hydrogen-bond acceptors (Lipinski definition) is 8. The largest absolute Gasteiger partial charge is 0.477 e. The van der Waals surface area contributed by atoms with E-state index in [1.54, 1.807) is 13.3 Å². The topological polar surface area (TPSA) is 151 Å². The van der Waals surface area contributed by atoms with Gasteiger partial charge in [0.05, 0.1) is 5.56 Å². The van der Waals surface area contributed by atoms with Gasteiger partial charge in [-0.3, -0.25) is 19.1 Å². The van der Waals surface area contributed by atoms with Crippen molar-refractivity contribution in [2.75, 3.05) is 24.2 Å². The molecule has 2 saturated carbocycles. The molecular formula is C27H37N7O4S. The number of hydrogen-bond donors (Lipinski definition) is 4. The summed E-state index contributed by atoms with van der Waals surface area (Å²) in [5.41, 5.74) is 2.05. The summed E-state index contributed by atoms with van der Waals surface area (Å²) in [6, 6.07) is -0.00634. The van der Waals surface area contributed by atoms with Crippen molar-refractivity contribution in [1.29, 1.82) is 0 Å². The lowest BCUT2D eigenvalue weighted by Gasteiger charge is -2.25. The molecule has 2 aromatic heterocycles. The summed E-state index contributed by atoms with van der Waals surface area (Å²) in [5, 5.41) is 27.4. The van der Waals surface area contributed by atoms with E-state index in [-0.39, 0.29) is 29.5 Å². The van der Waals surface area contributed by atoms with Crippen LogP contribution in [0, 0.1) is 11.8 Å². The van der Waals surface area contributed by atoms with Crippen LogP contribution in [-0.4, -0.2) is 57.0 Å². The molecule has 0 aromatic carbocycles. The Hall–Kier alpha value is -3.54. The Morgan fingerprint density at radius 1 is 1.18 bits per heavy atom. The summed E-state index contributed by atoms with van der Waals surface area (Å²) in [4.78, 5) is 42.1. The quantitative estimate of drug-likeness (QED) is 0.323. The number of allylic oxidation sites excluding steroid dienone is 1. The molecule has 2 heterocycles. The number of carbonyl (C=O) groups excluding carboxylic acids is 2. The third-order valence-electron chi connectivity index (χ3n) is 6.98. The average Bonchev–Trinajstić information content (AvgIpc) is 3.86. The monoisotopic (exact) mass is 555 g/mol. The number of fused-ring (bicyclic) bond motifs is 1. The molecule has 2 amide bonds. The second-order valence-corrected chi connectivity index (χ2v) is 11.1. The van der Waals surface area contributed by atoms with E-state index in [0.717, 1.165) is 49.0 Å². The minimum absolute atomic E-state index is 0.00435. The Labute approximate surface area is 232 Å². The lowest BCUT2D eigenvalue weighted by molar-refractivity contribution is -0.129. The number of aliphatic carboxylic acids is 1. The number of rotatable bonds is 10. The molecule has 5 rings (SSSR count). The maximum atomic E-state index is 13.3. The first kappa shape index (κ1) is 28.5. The highest BCUT2D eigenvalue weighted by Gasteiger charge is 2.35. The fraction of sp³-hybridized carbons (Fsp3) is 0.556. The number of carboxylic acids is 1. The second-order valence-electron chi connectivity index (χ2n) is 9.95. The minimum Gasteiger partial charge on any atom is -0.477 e. The SMILES string of the molecule is CC.CN=C(/C=C(\C)Nc1nncn1[C@H]1CCc2sc(NC(=O)C3CC3)c(C(=O)NCC3CC3)c2C1)C(=O)O. The van der Waals surface area contributed by atoms with Crippen LogP contribution in [0.4, 0.5) is 10.9 Å². The molecule has 11 nitrogen and oxygen atoms in total. The Balaban J connectivity index is 0.00000172. The van der Waals surface area contributed by atoms with Gasteiger partial charge in [0.25, 0.3) is 5.91 Å². The molecule has 39 heavy (non-hydrogen) atoms. The normalized spacial score (nSPS) is 18.9. The van der Waals surface area contributed by atoms with Gasteiger partial charge in [-0.1, -0.05) is 13.8 Å². The molecule has 0 saturated heterocycles. The third-order valence-corrected chi connectivity index (χ3v) is 8.19. The van der Waals surface area contributed by atoms with Crippen molar-refractivity contribution in [3.63, 3.8) is 0 Å². The Morgan fingerprint density at radius 2 is 1.92 bits per heavy atom. The zero-order valence-electron chi connectivity index (χ0n) is 22.9. The van der Waals surface area contributed by atoms with Gasteiger partial charge in [0.2, 0.25) is 11.9 Å². The maximum Gasteiger partial charge on any atom is 0.354 e. The number of aromatic nitrogens is 3. The first-order chi connectivity index (χ1) is 18.8. The number of anilines is 2. The van der Waals surface area contributed by atoms with Crippen LogP contribution in [0.1, 0.15) is 79.7 Å². The van der Waals surface area contributed by atoms with Gasteiger partial charge in [-0.25, -0.2) is 4.79 Å². The number of carbonyl (C=O) groups is 3. The predicted molar refractivity (Wildman–Crippen MR) is 152 cm³/mol. The van der Waals surface area contributed by atoms with Gasteiger partial charge in [0, 0.05) is 36.1 Å². The summed E-state index contributed by atoms with van der Waals surface area (Å²) < 4.78 is 1.93. The smallest absolute Gasteiger partial charge is 0.354 e. The van der Waals surface area contributed by atoms with Crippen LogP contribution in [0.15, 0.2) is 23.1 Å². The van der Waals surface area contributed by atoms with E-state index in [1.165, 1.54) is 24.5 Å². The lowest BCUT2D eigenvalue weighted by Crippen LogP contribution is -2.28. The highest BCUT2D eigenvalue weighted by Crippen LogP contribution is 2.42. The first-order valence-electron chi connectivity index (χ1n) is 13.6. The number of thiophene rings is 1. The van der Waals surface area contributed by atoms with Crippen molar-refractivity contribution < 1.29 is 19.5 Å². The summed E-state index contributed by atoms with van der Waals surface area (Å²) in [7, 11) is 1.43. The van der Waals surface area contributed by atoms with Crippen molar-refractivity contribution in [2.45, 2.75) is 71.8 Å². The van der Waals surface area contributed by atoms with E-state index in [4.69, 9.17) is 0 Å². The number of carboxylic acid groups (broad SMARTS) is 1. The lowest BCUT2D eigenvalue weighted by atomic mass is 9.91. The number of aliphatic imine (C=N–C) groups is 1. The zero-order valence-corrected chi connectivity index (χ0v) is 23.7. The summed E-state index contributed by atoms with van der Waals surface area (Å²) in [5.74, 6) is -0.153. The molecule has 0 aliphatic heterocycles. The Kier molecular flexibility index (Phi) is 9.16. The summed E-state index contributed by atoms with van der Waals surface area (Å²) >= 11 is 1.51. The van der Waals surface area contributed by atoms with Crippen LogP contribution in [0.5, 0.6) is 0 Å². The van der Waals surface area contributed by atoms with Gasteiger partial charge < -0.3 is 21.1 Å². The van der Waals surface area contributed by atoms with Crippen LogP contribution in [0.3, 0.4) is 0 Å². The average molecular weight is 556 g/mol. The molecule has 12 heteroatoms. The first-order valence-corrected chi connectivity index (χ1v) is 14.4. The van der Waals surface area contributed by atoms with E-state index in [9.17, 15) is 19.5 Å². The third kappa shape index (κ3) is 6.92. The molecule has 0 bridgehead atoms. The van der Waals surface area contributed by atoms with Gasteiger partial charge in [-0.2, -0.15) is 0 Å². The molecule has 210 valence electrons. The van der Waals surface area contributed by atoms with Gasteiger partial charge >= 0.3 is 5.97 Å². The van der Waals surface area contributed by atoms with Crippen LogP contribution in [-0.2, 0) is 22.4 Å². The highest BCUT2D eigenvalue weighted by molar-refractivity contribution is 7.17. The van der Waals surface area contributed by atoms with Crippen LogP contribution in [0.25, 0.3) is 0 Å². The minimum atomic E-state index is -1.11. The van der Waals surface area contributed by atoms with Crippen LogP contribution < -0.4 is 16.0 Å². The Morgan fingerprint density at radius 3 is 2.56 bits per heavy atom. The van der Waals surface area contributed by atoms with E-state index in [1.807, 2.05) is 18.4 Å². The van der Waals surface area contributed by atoms with Crippen LogP contribution >= 0.6 is 11.3 Å². The van der Waals surface area contributed by atoms with Crippen molar-refractivity contribution in [3.05, 3.63) is 34.1 Å². The molecular weight excluding hydrogens is 518 g/mol. The second kappa shape index (κ2) is 12.5. The number of nitrogens with one attached hydrogen (secondary N) is 3. The number of nitrogens with zero attached hydrogens (tertiary/aromatic N) is 4. The molecule has 1 atom stereocenters. The van der Waals surface area contributed by atoms with E-state index in [2.05, 4.69) is 31.1 Å². The molecule has 0 unspecified atom stereocenters. The van der Waals surface area contributed by atoms with Crippen molar-refractivity contribution in [2.24, 2.45) is 16.8 Å². The molecule has 0 radical (unpaired) electrons.